The summed E-state index contributed by atoms with van der Waals surface area (Å²) in [6.45, 7) is 2.08. The molecular weight excluding hydrogens is 250 g/mol. The fourth-order valence-corrected chi connectivity index (χ4v) is 2.46. The Labute approximate surface area is 117 Å². The van der Waals surface area contributed by atoms with Gasteiger partial charge in [0.15, 0.2) is 6.29 Å². The van der Waals surface area contributed by atoms with E-state index < -0.39 is 0 Å². The Hall–Kier alpha value is -2.49. The topological polar surface area (TPSA) is 47.8 Å². The van der Waals surface area contributed by atoms with Gasteiger partial charge in [0.25, 0.3) is 0 Å². The smallest absolute Gasteiger partial charge is 0.172 e. The number of hydrogen-bond acceptors (Lipinski definition) is 3. The van der Waals surface area contributed by atoms with E-state index in [1.807, 2.05) is 24.3 Å². The van der Waals surface area contributed by atoms with Gasteiger partial charge in [0.2, 0.25) is 0 Å². The molecule has 3 rings (SSSR count). The van der Waals surface area contributed by atoms with E-state index in [9.17, 15) is 4.79 Å². The maximum absolute atomic E-state index is 11.1. The van der Waals surface area contributed by atoms with Crippen molar-refractivity contribution in [3.63, 3.8) is 0 Å². The molecule has 100 valence electrons. The van der Waals surface area contributed by atoms with Crippen LogP contribution in [0, 0.1) is 0 Å². The summed E-state index contributed by atoms with van der Waals surface area (Å²) in [6, 6.07) is 14.2. The van der Waals surface area contributed by atoms with Gasteiger partial charge < -0.3 is 0 Å². The fourth-order valence-electron chi connectivity index (χ4n) is 2.46. The van der Waals surface area contributed by atoms with E-state index in [0.29, 0.717) is 5.69 Å². The molecule has 20 heavy (non-hydrogen) atoms. The van der Waals surface area contributed by atoms with Gasteiger partial charge in [-0.2, -0.15) is 0 Å². The molecule has 2 aromatic carbocycles. The zero-order chi connectivity index (χ0) is 13.9. The summed E-state index contributed by atoms with van der Waals surface area (Å²) < 4.78 is 1.79. The SMILES string of the molecule is CCCc1c(C=O)nnn1-c1cccc2ccccc12. The molecular formula is C16H15N3O. The second kappa shape index (κ2) is 5.25. The first kappa shape index (κ1) is 12.5. The molecule has 0 unspecified atom stereocenters. The Bertz CT molecular complexity index is 756. The molecule has 4 heteroatoms. The second-order valence-electron chi connectivity index (χ2n) is 4.70. The maximum Gasteiger partial charge on any atom is 0.172 e. The van der Waals surface area contributed by atoms with Crippen molar-refractivity contribution in [1.82, 2.24) is 15.0 Å². The molecule has 3 aromatic rings. The summed E-state index contributed by atoms with van der Waals surface area (Å²) in [7, 11) is 0. The highest BCUT2D eigenvalue weighted by molar-refractivity contribution is 5.90. The summed E-state index contributed by atoms with van der Waals surface area (Å²) in [4.78, 5) is 11.1. The quantitative estimate of drug-likeness (QED) is 0.681. The number of rotatable bonds is 4. The third kappa shape index (κ3) is 1.99. The summed E-state index contributed by atoms with van der Waals surface area (Å²) in [5.74, 6) is 0. The molecule has 0 N–H and O–H groups in total. The Kier molecular flexibility index (Phi) is 3.29. The summed E-state index contributed by atoms with van der Waals surface area (Å²) in [6.07, 6.45) is 2.50. The number of benzene rings is 2. The Morgan fingerprint density at radius 1 is 1.15 bits per heavy atom. The van der Waals surface area contributed by atoms with Crippen molar-refractivity contribution in [2.24, 2.45) is 0 Å². The minimum Gasteiger partial charge on any atom is -0.296 e. The summed E-state index contributed by atoms with van der Waals surface area (Å²) >= 11 is 0. The van der Waals surface area contributed by atoms with E-state index in [2.05, 4.69) is 35.4 Å². The average molecular weight is 265 g/mol. The highest BCUT2D eigenvalue weighted by Crippen LogP contribution is 2.23. The van der Waals surface area contributed by atoms with E-state index in [1.54, 1.807) is 4.68 Å². The number of hydrogen-bond donors (Lipinski definition) is 0. The zero-order valence-electron chi connectivity index (χ0n) is 11.3. The number of aromatic nitrogens is 3. The standard InChI is InChI=1S/C16H15N3O/c1-2-6-16-14(11-20)17-18-19(16)15-10-5-8-12-7-3-4-9-13(12)15/h3-5,7-11H,2,6H2,1H3. The van der Waals surface area contributed by atoms with Gasteiger partial charge in [0.1, 0.15) is 5.69 Å². The summed E-state index contributed by atoms with van der Waals surface area (Å²) in [5, 5.41) is 10.4. The van der Waals surface area contributed by atoms with Gasteiger partial charge >= 0.3 is 0 Å². The largest absolute Gasteiger partial charge is 0.296 e. The monoisotopic (exact) mass is 265 g/mol. The van der Waals surface area contributed by atoms with E-state index in [0.717, 1.165) is 41.3 Å². The highest BCUT2D eigenvalue weighted by atomic mass is 16.1. The molecule has 4 nitrogen and oxygen atoms in total. The Morgan fingerprint density at radius 3 is 2.75 bits per heavy atom. The van der Waals surface area contributed by atoms with Crippen LogP contribution in [0.2, 0.25) is 0 Å². The molecule has 1 aromatic heterocycles. The van der Waals surface area contributed by atoms with Crippen molar-refractivity contribution in [3.8, 4) is 5.69 Å². The molecule has 0 amide bonds. The van der Waals surface area contributed by atoms with Gasteiger partial charge in [-0.1, -0.05) is 55.0 Å². The van der Waals surface area contributed by atoms with Gasteiger partial charge in [-0.05, 0) is 17.9 Å². The molecule has 0 saturated carbocycles. The number of nitrogens with zero attached hydrogens (tertiary/aromatic N) is 3. The van der Waals surface area contributed by atoms with E-state index >= 15 is 0 Å². The van der Waals surface area contributed by atoms with Crippen molar-refractivity contribution >= 4 is 17.1 Å². The van der Waals surface area contributed by atoms with Gasteiger partial charge in [-0.25, -0.2) is 4.68 Å². The normalized spacial score (nSPS) is 10.8. The van der Waals surface area contributed by atoms with E-state index in [-0.39, 0.29) is 0 Å². The predicted octanol–water partition coefficient (Wildman–Crippen LogP) is 3.19. The number of carbonyl (C=O) groups is 1. The molecule has 0 aliphatic heterocycles. The lowest BCUT2D eigenvalue weighted by molar-refractivity contribution is 0.111. The van der Waals surface area contributed by atoms with Crippen molar-refractivity contribution in [2.75, 3.05) is 0 Å². The third-order valence-corrected chi connectivity index (χ3v) is 3.39. The van der Waals surface area contributed by atoms with Crippen LogP contribution >= 0.6 is 0 Å². The van der Waals surface area contributed by atoms with Crippen LogP contribution in [0.1, 0.15) is 29.5 Å². The fraction of sp³-hybridized carbons (Fsp3) is 0.188. The molecule has 0 saturated heterocycles. The van der Waals surface area contributed by atoms with Crippen molar-refractivity contribution < 1.29 is 4.79 Å². The first-order valence-electron chi connectivity index (χ1n) is 6.73. The highest BCUT2D eigenvalue weighted by Gasteiger charge is 2.14. The van der Waals surface area contributed by atoms with Crippen LogP contribution < -0.4 is 0 Å². The first-order chi connectivity index (χ1) is 9.85. The maximum atomic E-state index is 11.1. The number of aldehydes is 1. The van der Waals surface area contributed by atoms with Crippen LogP contribution in [0.3, 0.4) is 0 Å². The lowest BCUT2D eigenvalue weighted by atomic mass is 10.1. The average Bonchev–Trinajstić information content (AvgIpc) is 2.90. The first-order valence-corrected chi connectivity index (χ1v) is 6.73. The van der Waals surface area contributed by atoms with E-state index in [1.165, 1.54) is 0 Å². The molecule has 0 aliphatic carbocycles. The van der Waals surface area contributed by atoms with Gasteiger partial charge in [-0.3, -0.25) is 4.79 Å². The van der Waals surface area contributed by atoms with Crippen molar-refractivity contribution in [1.29, 1.82) is 0 Å². The van der Waals surface area contributed by atoms with Crippen LogP contribution in [-0.2, 0) is 6.42 Å². The Morgan fingerprint density at radius 2 is 1.95 bits per heavy atom. The number of fused-ring (bicyclic) bond motifs is 1. The summed E-state index contributed by atoms with van der Waals surface area (Å²) in [5.41, 5.74) is 2.27. The second-order valence-corrected chi connectivity index (χ2v) is 4.70. The molecule has 1 heterocycles. The van der Waals surface area contributed by atoms with Crippen molar-refractivity contribution in [3.05, 3.63) is 53.9 Å². The van der Waals surface area contributed by atoms with Gasteiger partial charge in [-0.15, -0.1) is 5.10 Å². The molecule has 0 atom stereocenters. The molecule has 0 radical (unpaired) electrons. The van der Waals surface area contributed by atoms with Gasteiger partial charge in [0.05, 0.1) is 11.4 Å². The lowest BCUT2D eigenvalue weighted by Crippen LogP contribution is -2.04. The minimum absolute atomic E-state index is 0.430. The minimum atomic E-state index is 0.430. The molecule has 0 aliphatic rings. The van der Waals surface area contributed by atoms with Crippen molar-refractivity contribution in [2.45, 2.75) is 19.8 Å². The Balaban J connectivity index is 2.25. The molecule has 0 spiro atoms. The van der Waals surface area contributed by atoms with E-state index in [4.69, 9.17) is 0 Å². The van der Waals surface area contributed by atoms with Crippen LogP contribution in [0.25, 0.3) is 16.5 Å². The van der Waals surface area contributed by atoms with Crippen LogP contribution in [0.4, 0.5) is 0 Å². The zero-order valence-corrected chi connectivity index (χ0v) is 11.3. The van der Waals surface area contributed by atoms with Crippen LogP contribution in [-0.4, -0.2) is 21.3 Å². The van der Waals surface area contributed by atoms with Crippen LogP contribution in [0.5, 0.6) is 0 Å². The molecule has 0 bridgehead atoms. The lowest BCUT2D eigenvalue weighted by Gasteiger charge is -2.09. The molecule has 0 fully saturated rings. The number of carbonyl (C=O) groups excluding carboxylic acids is 1. The van der Waals surface area contributed by atoms with Gasteiger partial charge in [0, 0.05) is 5.39 Å². The predicted molar refractivity (Wildman–Crippen MR) is 78.2 cm³/mol. The third-order valence-electron chi connectivity index (χ3n) is 3.39. The van der Waals surface area contributed by atoms with Crippen LogP contribution in [0.15, 0.2) is 42.5 Å².